The van der Waals surface area contributed by atoms with Crippen LogP contribution in [-0.4, -0.2) is 30.3 Å². The number of rotatable bonds is 6. The predicted octanol–water partition coefficient (Wildman–Crippen LogP) is 3.08. The fourth-order valence-corrected chi connectivity index (χ4v) is 2.28. The van der Waals surface area contributed by atoms with E-state index in [4.69, 9.17) is 9.84 Å². The highest BCUT2D eigenvalue weighted by Crippen LogP contribution is 2.27. The largest absolute Gasteiger partial charge is 0.496 e. The van der Waals surface area contributed by atoms with Gasteiger partial charge in [-0.05, 0) is 40.0 Å². The molecule has 1 aromatic rings. The Bertz CT molecular complexity index is 522. The van der Waals surface area contributed by atoms with E-state index in [-0.39, 0.29) is 5.92 Å². The van der Waals surface area contributed by atoms with Crippen LogP contribution >= 0.6 is 15.9 Å². The average molecular weight is 359 g/mol. The number of methoxy groups -OCH3 is 1. The number of halogens is 1. The molecule has 0 saturated carbocycles. The van der Waals surface area contributed by atoms with Gasteiger partial charge in [-0.3, -0.25) is 0 Å². The van der Waals surface area contributed by atoms with Gasteiger partial charge in [-0.15, -0.1) is 0 Å². The molecule has 0 unspecified atom stereocenters. The summed E-state index contributed by atoms with van der Waals surface area (Å²) in [5.41, 5.74) is 0.536. The molecule has 0 spiro atoms. The number of nitrogens with one attached hydrogen (secondary N) is 2. The van der Waals surface area contributed by atoms with Crippen molar-refractivity contribution in [2.75, 3.05) is 12.4 Å². The molecule has 0 heterocycles. The summed E-state index contributed by atoms with van der Waals surface area (Å²) in [6.45, 7) is 3.66. The fraction of sp³-hybridized carbons (Fsp3) is 0.429. The average Bonchev–Trinajstić information content (AvgIpc) is 2.44. The normalized spacial score (nSPS) is 13.1. The van der Waals surface area contributed by atoms with E-state index in [0.717, 1.165) is 0 Å². The third kappa shape index (κ3) is 4.93. The summed E-state index contributed by atoms with van der Waals surface area (Å²) in [6, 6.07) is 3.57. The Morgan fingerprint density at radius 1 is 1.43 bits per heavy atom. The summed E-state index contributed by atoms with van der Waals surface area (Å²) < 4.78 is 5.79. The second-order valence-electron chi connectivity index (χ2n) is 4.65. The molecule has 0 aliphatic rings. The van der Waals surface area contributed by atoms with Crippen molar-refractivity contribution in [2.24, 2.45) is 5.92 Å². The van der Waals surface area contributed by atoms with Crippen LogP contribution in [0, 0.1) is 5.92 Å². The molecular formula is C14H19BrN2O4. The van der Waals surface area contributed by atoms with E-state index in [2.05, 4.69) is 26.6 Å². The van der Waals surface area contributed by atoms with Gasteiger partial charge in [0.1, 0.15) is 11.8 Å². The monoisotopic (exact) mass is 358 g/mol. The molecule has 0 saturated heterocycles. The summed E-state index contributed by atoms with van der Waals surface area (Å²) in [5.74, 6) is -0.560. The molecule has 3 N–H and O–H groups in total. The quantitative estimate of drug-likeness (QED) is 0.728. The van der Waals surface area contributed by atoms with Crippen LogP contribution in [0.25, 0.3) is 0 Å². The number of benzene rings is 1. The Labute approximate surface area is 132 Å². The van der Waals surface area contributed by atoms with Crippen molar-refractivity contribution in [3.8, 4) is 5.75 Å². The van der Waals surface area contributed by atoms with Crippen molar-refractivity contribution in [1.82, 2.24) is 5.32 Å². The van der Waals surface area contributed by atoms with Crippen LogP contribution in [0.5, 0.6) is 5.75 Å². The summed E-state index contributed by atoms with van der Waals surface area (Å²) in [4.78, 5) is 23.0. The number of carbonyl (C=O) groups excluding carboxylic acids is 1. The Morgan fingerprint density at radius 3 is 2.57 bits per heavy atom. The number of aliphatic carboxylic acids is 1. The molecule has 0 bridgehead atoms. The molecule has 2 amide bonds. The molecule has 2 atom stereocenters. The van der Waals surface area contributed by atoms with Gasteiger partial charge in [0.2, 0.25) is 0 Å². The van der Waals surface area contributed by atoms with E-state index in [9.17, 15) is 9.59 Å². The maximum absolute atomic E-state index is 11.9. The minimum atomic E-state index is -1.05. The lowest BCUT2D eigenvalue weighted by atomic mass is 9.99. The van der Waals surface area contributed by atoms with E-state index in [1.807, 2.05) is 6.92 Å². The maximum Gasteiger partial charge on any atom is 0.326 e. The van der Waals surface area contributed by atoms with Crippen LogP contribution in [0.4, 0.5) is 10.5 Å². The summed E-state index contributed by atoms with van der Waals surface area (Å²) in [7, 11) is 1.55. The predicted molar refractivity (Wildman–Crippen MR) is 83.7 cm³/mol. The SMILES string of the molecule is CC[C@H](C)[C@H](NC(=O)Nc1ccc(OC)c(Br)c1)C(=O)O. The zero-order valence-corrected chi connectivity index (χ0v) is 13.7. The van der Waals surface area contributed by atoms with Crippen molar-refractivity contribution < 1.29 is 19.4 Å². The summed E-state index contributed by atoms with van der Waals surface area (Å²) >= 11 is 3.31. The van der Waals surface area contributed by atoms with Gasteiger partial charge < -0.3 is 20.5 Å². The lowest BCUT2D eigenvalue weighted by Crippen LogP contribution is -2.46. The number of carbonyl (C=O) groups is 2. The molecule has 116 valence electrons. The number of anilines is 1. The van der Waals surface area contributed by atoms with Crippen molar-refractivity contribution in [3.05, 3.63) is 22.7 Å². The minimum Gasteiger partial charge on any atom is -0.496 e. The third-order valence-electron chi connectivity index (χ3n) is 3.18. The molecule has 0 aliphatic carbocycles. The van der Waals surface area contributed by atoms with E-state index in [1.54, 1.807) is 32.2 Å². The second kappa shape index (κ2) is 7.87. The summed E-state index contributed by atoms with van der Waals surface area (Å²) in [5, 5.41) is 14.2. The number of urea groups is 1. The Balaban J connectivity index is 2.72. The zero-order chi connectivity index (χ0) is 16.0. The Morgan fingerprint density at radius 2 is 2.10 bits per heavy atom. The van der Waals surface area contributed by atoms with Crippen LogP contribution in [-0.2, 0) is 4.79 Å². The highest BCUT2D eigenvalue weighted by Gasteiger charge is 2.25. The first-order valence-corrected chi connectivity index (χ1v) is 7.32. The first-order chi connectivity index (χ1) is 9.88. The van der Waals surface area contributed by atoms with E-state index < -0.39 is 18.0 Å². The maximum atomic E-state index is 11.9. The summed E-state index contributed by atoms with van der Waals surface area (Å²) in [6.07, 6.45) is 0.658. The standard InChI is InChI=1S/C14H19BrN2O4/c1-4-8(2)12(13(18)19)17-14(20)16-9-5-6-11(21-3)10(15)7-9/h5-8,12H,4H2,1-3H3,(H,18,19)(H2,16,17,20)/t8-,12-/m0/s1. The fourth-order valence-electron chi connectivity index (χ4n) is 1.74. The van der Waals surface area contributed by atoms with Gasteiger partial charge in [-0.2, -0.15) is 0 Å². The first kappa shape index (κ1) is 17.3. The molecule has 1 aromatic carbocycles. The number of carboxylic acids is 1. The molecule has 0 fully saturated rings. The third-order valence-corrected chi connectivity index (χ3v) is 3.80. The van der Waals surface area contributed by atoms with E-state index in [1.165, 1.54) is 0 Å². The number of carboxylic acid groups (broad SMARTS) is 1. The lowest BCUT2D eigenvalue weighted by Gasteiger charge is -2.20. The number of hydrogen-bond acceptors (Lipinski definition) is 3. The van der Waals surface area contributed by atoms with Crippen molar-refractivity contribution in [2.45, 2.75) is 26.3 Å². The topological polar surface area (TPSA) is 87.7 Å². The smallest absolute Gasteiger partial charge is 0.326 e. The molecule has 6 nitrogen and oxygen atoms in total. The lowest BCUT2D eigenvalue weighted by molar-refractivity contribution is -0.140. The van der Waals surface area contributed by atoms with Gasteiger partial charge >= 0.3 is 12.0 Å². The highest BCUT2D eigenvalue weighted by molar-refractivity contribution is 9.10. The van der Waals surface area contributed by atoms with Gasteiger partial charge in [-0.25, -0.2) is 9.59 Å². The minimum absolute atomic E-state index is 0.157. The molecule has 1 rings (SSSR count). The molecular weight excluding hydrogens is 340 g/mol. The molecule has 0 aromatic heterocycles. The van der Waals surface area contributed by atoms with Gasteiger partial charge in [0, 0.05) is 5.69 Å². The van der Waals surface area contributed by atoms with Gasteiger partial charge in [-0.1, -0.05) is 20.3 Å². The molecule has 0 radical (unpaired) electrons. The Hall–Kier alpha value is -1.76. The van der Waals surface area contributed by atoms with Crippen LogP contribution < -0.4 is 15.4 Å². The van der Waals surface area contributed by atoms with E-state index >= 15 is 0 Å². The van der Waals surface area contributed by atoms with Crippen LogP contribution in [0.1, 0.15) is 20.3 Å². The highest BCUT2D eigenvalue weighted by atomic mass is 79.9. The van der Waals surface area contributed by atoms with Gasteiger partial charge in [0.05, 0.1) is 11.6 Å². The van der Waals surface area contributed by atoms with Crippen molar-refractivity contribution in [3.63, 3.8) is 0 Å². The first-order valence-electron chi connectivity index (χ1n) is 6.52. The van der Waals surface area contributed by atoms with E-state index in [0.29, 0.717) is 22.3 Å². The van der Waals surface area contributed by atoms with Gasteiger partial charge in [0.15, 0.2) is 0 Å². The van der Waals surface area contributed by atoms with Crippen LogP contribution in [0.15, 0.2) is 22.7 Å². The molecule has 21 heavy (non-hydrogen) atoms. The number of hydrogen-bond donors (Lipinski definition) is 3. The van der Waals surface area contributed by atoms with Crippen molar-refractivity contribution in [1.29, 1.82) is 0 Å². The van der Waals surface area contributed by atoms with Crippen LogP contribution in [0.3, 0.4) is 0 Å². The molecule has 0 aliphatic heterocycles. The van der Waals surface area contributed by atoms with Gasteiger partial charge in [0.25, 0.3) is 0 Å². The number of amides is 2. The zero-order valence-electron chi connectivity index (χ0n) is 12.1. The van der Waals surface area contributed by atoms with Crippen LogP contribution in [0.2, 0.25) is 0 Å². The second-order valence-corrected chi connectivity index (χ2v) is 5.50. The Kier molecular flexibility index (Phi) is 6.48. The number of ether oxygens (including phenoxy) is 1. The molecule has 7 heteroatoms. The van der Waals surface area contributed by atoms with Crippen molar-refractivity contribution >= 4 is 33.6 Å².